The maximum atomic E-state index is 12.4. The van der Waals surface area contributed by atoms with E-state index in [4.69, 9.17) is 0 Å². The number of hydrogen-bond donors (Lipinski definition) is 1. The first kappa shape index (κ1) is 15.0. The molecule has 21 heavy (non-hydrogen) atoms. The minimum atomic E-state index is -0.0108. The number of nitrogens with zero attached hydrogens (tertiary/aromatic N) is 3. The molecule has 2 atom stereocenters. The van der Waals surface area contributed by atoms with Crippen molar-refractivity contribution in [1.29, 1.82) is 0 Å². The van der Waals surface area contributed by atoms with E-state index in [2.05, 4.69) is 38.2 Å². The van der Waals surface area contributed by atoms with Crippen LogP contribution in [-0.2, 0) is 6.54 Å². The van der Waals surface area contributed by atoms with E-state index in [1.165, 1.54) is 12.8 Å². The number of unbranched alkanes of at least 4 members (excludes halogenated alkanes) is 1. The number of fused-ring (bicyclic) bond motifs is 2. The average Bonchev–Trinajstić information content (AvgIpc) is 2.81. The maximum Gasteiger partial charge on any atom is 0.283 e. The summed E-state index contributed by atoms with van der Waals surface area (Å²) >= 11 is 3.50. The number of halogens is 1. The molecule has 0 amide bonds. The van der Waals surface area contributed by atoms with Gasteiger partial charge in [-0.2, -0.15) is 5.10 Å². The van der Waals surface area contributed by atoms with Crippen LogP contribution in [0.2, 0.25) is 0 Å². The van der Waals surface area contributed by atoms with E-state index >= 15 is 0 Å². The van der Waals surface area contributed by atoms with Crippen molar-refractivity contribution in [2.75, 3.05) is 18.0 Å². The fourth-order valence-electron chi connectivity index (χ4n) is 3.31. The lowest BCUT2D eigenvalue weighted by atomic mass is 10.1. The molecule has 0 aromatic carbocycles. The predicted molar refractivity (Wildman–Crippen MR) is 87.9 cm³/mol. The summed E-state index contributed by atoms with van der Waals surface area (Å²) in [6, 6.07) is 1.20. The second-order valence-corrected chi connectivity index (χ2v) is 6.89. The van der Waals surface area contributed by atoms with Crippen LogP contribution in [0.5, 0.6) is 0 Å². The minimum absolute atomic E-state index is 0.0108. The fourth-order valence-corrected chi connectivity index (χ4v) is 3.86. The topological polar surface area (TPSA) is 50.2 Å². The third-order valence-electron chi connectivity index (χ3n) is 4.55. The van der Waals surface area contributed by atoms with Gasteiger partial charge in [0.25, 0.3) is 5.56 Å². The first-order chi connectivity index (χ1) is 10.2. The van der Waals surface area contributed by atoms with Crippen molar-refractivity contribution in [2.45, 2.75) is 57.7 Å². The first-order valence-corrected chi connectivity index (χ1v) is 8.75. The van der Waals surface area contributed by atoms with Gasteiger partial charge in [-0.25, -0.2) is 4.68 Å². The molecule has 2 unspecified atom stereocenters. The van der Waals surface area contributed by atoms with Gasteiger partial charge in [0.2, 0.25) is 0 Å². The molecule has 2 fully saturated rings. The molecule has 2 aliphatic heterocycles. The lowest BCUT2D eigenvalue weighted by molar-refractivity contribution is 0.538. The Morgan fingerprint density at radius 1 is 1.38 bits per heavy atom. The Morgan fingerprint density at radius 2 is 2.19 bits per heavy atom. The molecule has 2 saturated heterocycles. The second kappa shape index (κ2) is 6.48. The van der Waals surface area contributed by atoms with Gasteiger partial charge in [0.05, 0.1) is 11.9 Å². The highest BCUT2D eigenvalue weighted by atomic mass is 79.9. The van der Waals surface area contributed by atoms with Crippen LogP contribution in [-0.4, -0.2) is 35.0 Å². The van der Waals surface area contributed by atoms with Crippen molar-refractivity contribution in [3.8, 4) is 0 Å². The van der Waals surface area contributed by atoms with E-state index in [1.807, 2.05) is 6.20 Å². The Kier molecular flexibility index (Phi) is 4.64. The normalized spacial score (nSPS) is 25.1. The van der Waals surface area contributed by atoms with Crippen molar-refractivity contribution in [1.82, 2.24) is 15.1 Å². The SMILES string of the molecule is CCCCn1ncc(N2CCC3CCC(C2)N3)c(Br)c1=O. The largest absolute Gasteiger partial charge is 0.368 e. The number of aryl methyl sites for hydroxylation is 1. The van der Waals surface area contributed by atoms with E-state index in [-0.39, 0.29) is 5.56 Å². The molecule has 6 heteroatoms. The molecule has 2 aliphatic rings. The highest BCUT2D eigenvalue weighted by Crippen LogP contribution is 2.27. The molecule has 5 nitrogen and oxygen atoms in total. The van der Waals surface area contributed by atoms with Gasteiger partial charge >= 0.3 is 0 Å². The van der Waals surface area contributed by atoms with Gasteiger partial charge in [-0.3, -0.25) is 4.79 Å². The maximum absolute atomic E-state index is 12.4. The van der Waals surface area contributed by atoms with Gasteiger partial charge < -0.3 is 10.2 Å². The Labute approximate surface area is 133 Å². The van der Waals surface area contributed by atoms with E-state index in [1.54, 1.807) is 4.68 Å². The van der Waals surface area contributed by atoms with Crippen molar-refractivity contribution in [3.05, 3.63) is 21.0 Å². The fraction of sp³-hybridized carbons (Fsp3) is 0.733. The quantitative estimate of drug-likeness (QED) is 0.899. The van der Waals surface area contributed by atoms with Gasteiger partial charge in [0.15, 0.2) is 0 Å². The van der Waals surface area contributed by atoms with Crippen molar-refractivity contribution < 1.29 is 0 Å². The third-order valence-corrected chi connectivity index (χ3v) is 5.30. The summed E-state index contributed by atoms with van der Waals surface area (Å²) in [5.41, 5.74) is 0.936. The number of hydrogen-bond acceptors (Lipinski definition) is 4. The second-order valence-electron chi connectivity index (χ2n) is 6.10. The van der Waals surface area contributed by atoms with Crippen molar-refractivity contribution in [3.63, 3.8) is 0 Å². The molecule has 3 rings (SSSR count). The highest BCUT2D eigenvalue weighted by molar-refractivity contribution is 9.10. The van der Waals surface area contributed by atoms with Gasteiger partial charge in [-0.15, -0.1) is 0 Å². The lowest BCUT2D eigenvalue weighted by Crippen LogP contribution is -2.37. The van der Waals surface area contributed by atoms with Gasteiger partial charge in [-0.05, 0) is 41.6 Å². The molecule has 0 spiro atoms. The Balaban J connectivity index is 1.82. The monoisotopic (exact) mass is 354 g/mol. The van der Waals surface area contributed by atoms with Crippen molar-refractivity contribution in [2.24, 2.45) is 0 Å². The van der Waals surface area contributed by atoms with Crippen LogP contribution in [0.25, 0.3) is 0 Å². The zero-order valence-electron chi connectivity index (χ0n) is 12.5. The summed E-state index contributed by atoms with van der Waals surface area (Å²) in [5, 5.41) is 8.02. The van der Waals surface area contributed by atoms with E-state index in [0.29, 0.717) is 23.1 Å². The molecule has 0 aliphatic carbocycles. The van der Waals surface area contributed by atoms with E-state index < -0.39 is 0 Å². The lowest BCUT2D eigenvalue weighted by Gasteiger charge is -2.27. The first-order valence-electron chi connectivity index (χ1n) is 7.95. The zero-order valence-corrected chi connectivity index (χ0v) is 14.1. The van der Waals surface area contributed by atoms with Crippen LogP contribution >= 0.6 is 15.9 Å². The van der Waals surface area contributed by atoms with Gasteiger partial charge in [-0.1, -0.05) is 13.3 Å². The summed E-state index contributed by atoms with van der Waals surface area (Å²) in [6.45, 7) is 4.77. The van der Waals surface area contributed by atoms with Gasteiger partial charge in [0.1, 0.15) is 4.47 Å². The minimum Gasteiger partial charge on any atom is -0.368 e. The summed E-state index contributed by atoms with van der Waals surface area (Å²) in [7, 11) is 0. The Hall–Kier alpha value is -0.880. The number of anilines is 1. The molecule has 1 N–H and O–H groups in total. The molecule has 1 aromatic heterocycles. The number of rotatable bonds is 4. The van der Waals surface area contributed by atoms with Gasteiger partial charge in [0, 0.05) is 31.7 Å². The molecule has 0 saturated carbocycles. The number of nitrogens with one attached hydrogen (secondary N) is 1. The van der Waals surface area contributed by atoms with Crippen LogP contribution in [0.15, 0.2) is 15.5 Å². The molecular formula is C15H23BrN4O. The summed E-state index contributed by atoms with van der Waals surface area (Å²) in [4.78, 5) is 14.7. The average molecular weight is 355 g/mol. The predicted octanol–water partition coefficient (Wildman–Crippen LogP) is 2.14. The van der Waals surface area contributed by atoms with Crippen LogP contribution in [0.4, 0.5) is 5.69 Å². The number of aromatic nitrogens is 2. The molecule has 0 radical (unpaired) electrons. The molecule has 116 valence electrons. The molecular weight excluding hydrogens is 332 g/mol. The molecule has 2 bridgehead atoms. The summed E-state index contributed by atoms with van der Waals surface area (Å²) < 4.78 is 2.23. The Morgan fingerprint density at radius 3 is 3.00 bits per heavy atom. The van der Waals surface area contributed by atoms with Crippen LogP contribution in [0.1, 0.15) is 39.0 Å². The standard InChI is InChI=1S/C15H23BrN4O/c1-2-3-7-20-15(21)14(16)13(9-17-20)19-8-6-11-4-5-12(10-19)18-11/h9,11-12,18H,2-8,10H2,1H3. The molecule has 3 heterocycles. The van der Waals surface area contributed by atoms with Crippen LogP contribution < -0.4 is 15.8 Å². The summed E-state index contributed by atoms with van der Waals surface area (Å²) in [6.07, 6.45) is 7.56. The van der Waals surface area contributed by atoms with E-state index in [9.17, 15) is 4.79 Å². The third kappa shape index (κ3) is 3.16. The van der Waals surface area contributed by atoms with Crippen LogP contribution in [0, 0.1) is 0 Å². The highest BCUT2D eigenvalue weighted by Gasteiger charge is 2.30. The van der Waals surface area contributed by atoms with Crippen LogP contribution in [0.3, 0.4) is 0 Å². The zero-order chi connectivity index (χ0) is 14.8. The van der Waals surface area contributed by atoms with Crippen molar-refractivity contribution >= 4 is 21.6 Å². The molecule has 1 aromatic rings. The summed E-state index contributed by atoms with van der Waals surface area (Å²) in [5.74, 6) is 0. The van der Waals surface area contributed by atoms with E-state index in [0.717, 1.165) is 38.0 Å². The smallest absolute Gasteiger partial charge is 0.283 e. The Bertz CT molecular complexity index is 559.